The highest BCUT2D eigenvalue weighted by Crippen LogP contribution is 2.22. The predicted octanol–water partition coefficient (Wildman–Crippen LogP) is 3.28. The standard InChI is InChI=1S/C12H17BrFNO/c1-3-6-15-12(8-16-2)10-7-9(13)4-5-11(10)14/h4-5,7,12,15H,3,6,8H2,1-2H3. The van der Waals surface area contributed by atoms with Crippen LogP contribution in [-0.4, -0.2) is 20.3 Å². The van der Waals surface area contributed by atoms with Crippen molar-refractivity contribution in [3.63, 3.8) is 0 Å². The number of hydrogen-bond acceptors (Lipinski definition) is 2. The first kappa shape index (κ1) is 13.6. The van der Waals surface area contributed by atoms with Gasteiger partial charge in [0.2, 0.25) is 0 Å². The van der Waals surface area contributed by atoms with Crippen LogP contribution < -0.4 is 5.32 Å². The lowest BCUT2D eigenvalue weighted by Crippen LogP contribution is -2.26. The van der Waals surface area contributed by atoms with Crippen LogP contribution in [0.15, 0.2) is 22.7 Å². The molecule has 1 aromatic carbocycles. The fraction of sp³-hybridized carbons (Fsp3) is 0.500. The first-order valence-electron chi connectivity index (χ1n) is 5.36. The fourth-order valence-electron chi connectivity index (χ4n) is 1.53. The van der Waals surface area contributed by atoms with Gasteiger partial charge in [0.05, 0.1) is 12.6 Å². The van der Waals surface area contributed by atoms with Gasteiger partial charge in [-0.2, -0.15) is 0 Å². The van der Waals surface area contributed by atoms with Gasteiger partial charge in [0.15, 0.2) is 0 Å². The smallest absolute Gasteiger partial charge is 0.128 e. The predicted molar refractivity (Wildman–Crippen MR) is 67.0 cm³/mol. The number of halogens is 2. The largest absolute Gasteiger partial charge is 0.383 e. The van der Waals surface area contributed by atoms with Crippen LogP contribution in [0.2, 0.25) is 0 Å². The van der Waals surface area contributed by atoms with E-state index in [-0.39, 0.29) is 11.9 Å². The molecule has 0 aliphatic rings. The van der Waals surface area contributed by atoms with Crippen molar-refractivity contribution in [1.82, 2.24) is 5.32 Å². The molecule has 4 heteroatoms. The molecule has 0 aliphatic heterocycles. The van der Waals surface area contributed by atoms with E-state index in [1.54, 1.807) is 19.2 Å². The third-order valence-corrected chi connectivity index (χ3v) is 2.80. The van der Waals surface area contributed by atoms with Crippen molar-refractivity contribution in [2.45, 2.75) is 19.4 Å². The summed E-state index contributed by atoms with van der Waals surface area (Å²) in [6, 6.07) is 4.86. The van der Waals surface area contributed by atoms with E-state index in [2.05, 4.69) is 28.2 Å². The van der Waals surface area contributed by atoms with Crippen molar-refractivity contribution >= 4 is 15.9 Å². The van der Waals surface area contributed by atoms with E-state index >= 15 is 0 Å². The highest BCUT2D eigenvalue weighted by molar-refractivity contribution is 9.10. The van der Waals surface area contributed by atoms with Crippen LogP contribution in [0.4, 0.5) is 4.39 Å². The minimum Gasteiger partial charge on any atom is -0.383 e. The zero-order valence-corrected chi connectivity index (χ0v) is 11.2. The highest BCUT2D eigenvalue weighted by atomic mass is 79.9. The van der Waals surface area contributed by atoms with Crippen LogP contribution in [0.5, 0.6) is 0 Å². The van der Waals surface area contributed by atoms with Crippen LogP contribution in [0.25, 0.3) is 0 Å². The number of methoxy groups -OCH3 is 1. The summed E-state index contributed by atoms with van der Waals surface area (Å²) in [6.07, 6.45) is 1.01. The molecule has 0 saturated heterocycles. The van der Waals surface area contributed by atoms with Gasteiger partial charge in [-0.1, -0.05) is 22.9 Å². The normalized spacial score (nSPS) is 12.8. The first-order chi connectivity index (χ1) is 7.69. The maximum absolute atomic E-state index is 13.7. The Morgan fingerprint density at radius 3 is 2.88 bits per heavy atom. The molecule has 1 N–H and O–H groups in total. The van der Waals surface area contributed by atoms with Crippen LogP contribution in [0, 0.1) is 5.82 Å². The van der Waals surface area contributed by atoms with Gasteiger partial charge in [0, 0.05) is 17.1 Å². The van der Waals surface area contributed by atoms with E-state index in [4.69, 9.17) is 4.74 Å². The molecule has 0 heterocycles. The molecule has 0 amide bonds. The average Bonchev–Trinajstić information content (AvgIpc) is 2.28. The molecule has 1 aromatic rings. The lowest BCUT2D eigenvalue weighted by Gasteiger charge is -2.18. The van der Waals surface area contributed by atoms with Gasteiger partial charge in [-0.15, -0.1) is 0 Å². The van der Waals surface area contributed by atoms with Gasteiger partial charge in [-0.25, -0.2) is 4.39 Å². The molecule has 16 heavy (non-hydrogen) atoms. The van der Waals surface area contributed by atoms with Crippen molar-refractivity contribution < 1.29 is 9.13 Å². The van der Waals surface area contributed by atoms with Gasteiger partial charge in [0.25, 0.3) is 0 Å². The highest BCUT2D eigenvalue weighted by Gasteiger charge is 2.15. The Bertz CT molecular complexity index is 333. The van der Waals surface area contributed by atoms with Gasteiger partial charge in [0.1, 0.15) is 5.82 Å². The van der Waals surface area contributed by atoms with Crippen LogP contribution in [-0.2, 0) is 4.74 Å². The Balaban J connectivity index is 2.85. The molecule has 0 fully saturated rings. The number of ether oxygens (including phenoxy) is 1. The van der Waals surface area contributed by atoms with E-state index in [1.807, 2.05) is 0 Å². The summed E-state index contributed by atoms with van der Waals surface area (Å²) < 4.78 is 19.6. The van der Waals surface area contributed by atoms with Gasteiger partial charge in [-0.05, 0) is 31.2 Å². The van der Waals surface area contributed by atoms with Crippen molar-refractivity contribution in [3.05, 3.63) is 34.1 Å². The first-order valence-corrected chi connectivity index (χ1v) is 6.15. The monoisotopic (exact) mass is 289 g/mol. The van der Waals surface area contributed by atoms with Crippen molar-refractivity contribution in [3.8, 4) is 0 Å². The summed E-state index contributed by atoms with van der Waals surface area (Å²) in [6.45, 7) is 3.39. The van der Waals surface area contributed by atoms with E-state index < -0.39 is 0 Å². The molecule has 2 nitrogen and oxygen atoms in total. The van der Waals surface area contributed by atoms with E-state index in [9.17, 15) is 4.39 Å². The van der Waals surface area contributed by atoms with Gasteiger partial charge >= 0.3 is 0 Å². The minimum atomic E-state index is -0.200. The summed E-state index contributed by atoms with van der Waals surface area (Å²) in [5.41, 5.74) is 0.643. The number of rotatable bonds is 6. The van der Waals surface area contributed by atoms with E-state index in [0.29, 0.717) is 12.2 Å². The maximum atomic E-state index is 13.7. The molecule has 0 aliphatic carbocycles. The lowest BCUT2D eigenvalue weighted by atomic mass is 10.1. The summed E-state index contributed by atoms with van der Waals surface area (Å²) >= 11 is 3.35. The van der Waals surface area contributed by atoms with Gasteiger partial charge in [-0.3, -0.25) is 0 Å². The second-order valence-corrected chi connectivity index (χ2v) is 4.54. The Morgan fingerprint density at radius 1 is 1.50 bits per heavy atom. The van der Waals surface area contributed by atoms with Crippen molar-refractivity contribution in [1.29, 1.82) is 0 Å². The maximum Gasteiger partial charge on any atom is 0.128 e. The fourth-order valence-corrected chi connectivity index (χ4v) is 1.90. The topological polar surface area (TPSA) is 21.3 Å². The van der Waals surface area contributed by atoms with Crippen LogP contribution in [0.1, 0.15) is 24.9 Å². The quantitative estimate of drug-likeness (QED) is 0.868. The second-order valence-electron chi connectivity index (χ2n) is 3.63. The second kappa shape index (κ2) is 6.99. The molecular weight excluding hydrogens is 273 g/mol. The average molecular weight is 290 g/mol. The Hall–Kier alpha value is -0.450. The number of hydrogen-bond donors (Lipinski definition) is 1. The summed E-state index contributed by atoms with van der Waals surface area (Å²) in [5, 5.41) is 3.27. The third kappa shape index (κ3) is 3.85. The minimum absolute atomic E-state index is 0.0950. The molecule has 0 spiro atoms. The molecule has 0 saturated carbocycles. The molecular formula is C12H17BrFNO. The summed E-state index contributed by atoms with van der Waals surface area (Å²) in [5.74, 6) is -0.200. The van der Waals surface area contributed by atoms with Crippen molar-refractivity contribution in [2.24, 2.45) is 0 Å². The van der Waals surface area contributed by atoms with Crippen LogP contribution in [0.3, 0.4) is 0 Å². The van der Waals surface area contributed by atoms with Crippen LogP contribution >= 0.6 is 15.9 Å². The van der Waals surface area contributed by atoms with E-state index in [0.717, 1.165) is 17.4 Å². The van der Waals surface area contributed by atoms with Gasteiger partial charge < -0.3 is 10.1 Å². The molecule has 1 rings (SSSR count). The molecule has 1 unspecified atom stereocenters. The summed E-state index contributed by atoms with van der Waals surface area (Å²) in [7, 11) is 1.62. The Morgan fingerprint density at radius 2 is 2.25 bits per heavy atom. The Kier molecular flexibility index (Phi) is 5.95. The van der Waals surface area contributed by atoms with Crippen molar-refractivity contribution in [2.75, 3.05) is 20.3 Å². The number of nitrogens with one attached hydrogen (secondary N) is 1. The zero-order valence-electron chi connectivity index (χ0n) is 9.59. The molecule has 1 atom stereocenters. The Labute approximate surface area is 104 Å². The lowest BCUT2D eigenvalue weighted by molar-refractivity contribution is 0.165. The molecule has 90 valence electrons. The number of benzene rings is 1. The summed E-state index contributed by atoms with van der Waals surface area (Å²) in [4.78, 5) is 0. The SMILES string of the molecule is CCCNC(COC)c1cc(Br)ccc1F. The third-order valence-electron chi connectivity index (χ3n) is 2.31. The van der Waals surface area contributed by atoms with E-state index in [1.165, 1.54) is 6.07 Å². The zero-order chi connectivity index (χ0) is 12.0. The molecule has 0 radical (unpaired) electrons. The molecule has 0 bridgehead atoms. The molecule has 0 aromatic heterocycles.